The quantitative estimate of drug-likeness (QED) is 0.628. The number of nitrogens with zero attached hydrogens (tertiary/aromatic N) is 1. The highest BCUT2D eigenvalue weighted by Crippen LogP contribution is 2.23. The van der Waals surface area contributed by atoms with Crippen molar-refractivity contribution in [1.82, 2.24) is 0 Å². The first-order chi connectivity index (χ1) is 4.72. The summed E-state index contributed by atoms with van der Waals surface area (Å²) < 4.78 is 0. The van der Waals surface area contributed by atoms with Gasteiger partial charge in [-0.15, -0.1) is 0 Å². The normalized spacial score (nSPS) is 9.40. The smallest absolute Gasteiger partial charge is 0.139 e. The lowest BCUT2D eigenvalue weighted by molar-refractivity contribution is 0.475. The van der Waals surface area contributed by atoms with Crippen LogP contribution in [-0.2, 0) is 0 Å². The molecule has 0 aliphatic rings. The lowest BCUT2D eigenvalue weighted by atomic mass is 10.3. The van der Waals surface area contributed by atoms with Crippen molar-refractivity contribution in [3.63, 3.8) is 0 Å². The first-order valence-electron chi connectivity index (χ1n) is 3.08. The van der Waals surface area contributed by atoms with Crippen LogP contribution in [0.4, 0.5) is 5.69 Å². The number of phenolic OH excluding ortho intramolecular Hbond substituents is 1. The molecule has 1 radical (unpaired) electrons. The van der Waals surface area contributed by atoms with Crippen molar-refractivity contribution in [1.29, 1.82) is 0 Å². The van der Waals surface area contributed by atoms with Crippen LogP contribution >= 0.6 is 0 Å². The van der Waals surface area contributed by atoms with Crippen LogP contribution in [0.2, 0.25) is 0 Å². The van der Waals surface area contributed by atoms with Crippen LogP contribution in [0.25, 0.3) is 0 Å². The monoisotopic (exact) mass is 136 g/mol. The van der Waals surface area contributed by atoms with E-state index in [-0.39, 0.29) is 5.75 Å². The van der Waals surface area contributed by atoms with Gasteiger partial charge in [0, 0.05) is 14.1 Å². The van der Waals surface area contributed by atoms with E-state index in [1.807, 2.05) is 25.1 Å². The second-order valence-electron chi connectivity index (χ2n) is 2.31. The Balaban J connectivity index is 3.03. The summed E-state index contributed by atoms with van der Waals surface area (Å²) in [6, 6.07) is 7.92. The Hall–Kier alpha value is -1.18. The Kier molecular flexibility index (Phi) is 1.81. The molecule has 2 nitrogen and oxygen atoms in total. The van der Waals surface area contributed by atoms with Crippen molar-refractivity contribution < 1.29 is 5.11 Å². The fraction of sp³-hybridized carbons (Fsp3) is 0.250. The summed E-state index contributed by atoms with van der Waals surface area (Å²) in [5.74, 6) is 0.271. The number of aromatic hydroxyl groups is 1. The summed E-state index contributed by atoms with van der Waals surface area (Å²) in [5.41, 5.74) is 0.818. The summed E-state index contributed by atoms with van der Waals surface area (Å²) in [5, 5.41) is 9.21. The van der Waals surface area contributed by atoms with Crippen LogP contribution in [0, 0.1) is 6.07 Å². The second kappa shape index (κ2) is 2.60. The third-order valence-corrected chi connectivity index (χ3v) is 1.30. The maximum absolute atomic E-state index is 9.21. The highest BCUT2D eigenvalue weighted by molar-refractivity contribution is 5.55. The molecule has 0 atom stereocenters. The molecular formula is C8H10NO. The van der Waals surface area contributed by atoms with Gasteiger partial charge in [-0.05, 0) is 18.2 Å². The van der Waals surface area contributed by atoms with Gasteiger partial charge < -0.3 is 10.0 Å². The molecule has 0 unspecified atom stereocenters. The Morgan fingerprint density at radius 2 is 2.20 bits per heavy atom. The van der Waals surface area contributed by atoms with Gasteiger partial charge in [-0.2, -0.15) is 0 Å². The molecule has 0 spiro atoms. The van der Waals surface area contributed by atoms with Gasteiger partial charge >= 0.3 is 0 Å². The van der Waals surface area contributed by atoms with Crippen LogP contribution in [0.1, 0.15) is 0 Å². The number of benzene rings is 1. The molecule has 1 aromatic rings. The minimum Gasteiger partial charge on any atom is -0.506 e. The van der Waals surface area contributed by atoms with Gasteiger partial charge in [-0.25, -0.2) is 0 Å². The van der Waals surface area contributed by atoms with Gasteiger partial charge in [0.25, 0.3) is 0 Å². The van der Waals surface area contributed by atoms with E-state index in [0.717, 1.165) is 5.69 Å². The van der Waals surface area contributed by atoms with Gasteiger partial charge in [0.1, 0.15) is 5.75 Å². The Bertz CT molecular complexity index is 220. The zero-order valence-electron chi connectivity index (χ0n) is 6.13. The maximum Gasteiger partial charge on any atom is 0.139 e. The summed E-state index contributed by atoms with van der Waals surface area (Å²) in [6.45, 7) is 0. The number of phenols is 1. The minimum atomic E-state index is 0.271. The van der Waals surface area contributed by atoms with Gasteiger partial charge in [0.2, 0.25) is 0 Å². The third kappa shape index (κ3) is 1.21. The van der Waals surface area contributed by atoms with E-state index in [9.17, 15) is 5.11 Å². The molecule has 0 bridgehead atoms. The third-order valence-electron chi connectivity index (χ3n) is 1.30. The molecule has 2 heteroatoms. The minimum absolute atomic E-state index is 0.271. The molecule has 1 aromatic carbocycles. The van der Waals surface area contributed by atoms with Crippen molar-refractivity contribution in [2.75, 3.05) is 19.0 Å². The molecule has 0 aromatic heterocycles. The van der Waals surface area contributed by atoms with Crippen LogP contribution in [0.15, 0.2) is 18.2 Å². The van der Waals surface area contributed by atoms with E-state index >= 15 is 0 Å². The van der Waals surface area contributed by atoms with Crippen molar-refractivity contribution in [3.8, 4) is 5.75 Å². The molecule has 0 heterocycles. The lowest BCUT2D eigenvalue weighted by Crippen LogP contribution is -2.08. The zero-order valence-corrected chi connectivity index (χ0v) is 6.13. The largest absolute Gasteiger partial charge is 0.506 e. The molecule has 53 valence electrons. The predicted molar refractivity (Wildman–Crippen MR) is 41.3 cm³/mol. The Labute approximate surface area is 60.7 Å². The van der Waals surface area contributed by atoms with Gasteiger partial charge in [0.15, 0.2) is 0 Å². The molecule has 0 saturated heterocycles. The molecule has 0 saturated carbocycles. The lowest BCUT2D eigenvalue weighted by Gasteiger charge is -2.12. The van der Waals surface area contributed by atoms with E-state index in [0.29, 0.717) is 0 Å². The number of anilines is 1. The zero-order chi connectivity index (χ0) is 7.56. The summed E-state index contributed by atoms with van der Waals surface area (Å²) in [4.78, 5) is 1.85. The van der Waals surface area contributed by atoms with Gasteiger partial charge in [-0.3, -0.25) is 0 Å². The molecular weight excluding hydrogens is 126 g/mol. The molecule has 1 N–H and O–H groups in total. The first kappa shape index (κ1) is 6.93. The summed E-state index contributed by atoms with van der Waals surface area (Å²) >= 11 is 0. The predicted octanol–water partition coefficient (Wildman–Crippen LogP) is 1.26. The van der Waals surface area contributed by atoms with Crippen molar-refractivity contribution in [2.24, 2.45) is 0 Å². The van der Waals surface area contributed by atoms with Crippen LogP contribution in [-0.4, -0.2) is 19.2 Å². The molecule has 10 heavy (non-hydrogen) atoms. The van der Waals surface area contributed by atoms with Crippen LogP contribution < -0.4 is 4.90 Å². The van der Waals surface area contributed by atoms with E-state index in [2.05, 4.69) is 6.07 Å². The average Bonchev–Trinajstić information content (AvgIpc) is 1.88. The van der Waals surface area contributed by atoms with Crippen LogP contribution in [0.5, 0.6) is 5.75 Å². The topological polar surface area (TPSA) is 23.5 Å². The highest BCUT2D eigenvalue weighted by atomic mass is 16.3. The summed E-state index contributed by atoms with van der Waals surface area (Å²) in [6.07, 6.45) is 0. The molecule has 0 amide bonds. The average molecular weight is 136 g/mol. The van der Waals surface area contributed by atoms with Gasteiger partial charge in [0.05, 0.1) is 5.69 Å². The maximum atomic E-state index is 9.21. The van der Waals surface area contributed by atoms with Gasteiger partial charge in [-0.1, -0.05) is 6.07 Å². The van der Waals surface area contributed by atoms with Crippen LogP contribution in [0.3, 0.4) is 0 Å². The number of hydrogen-bond acceptors (Lipinski definition) is 2. The SMILES string of the molecule is CN(C)c1cc[c]cc1O. The van der Waals surface area contributed by atoms with Crippen molar-refractivity contribution in [3.05, 3.63) is 24.3 Å². The fourth-order valence-electron chi connectivity index (χ4n) is 0.792. The van der Waals surface area contributed by atoms with Crippen molar-refractivity contribution >= 4 is 5.69 Å². The van der Waals surface area contributed by atoms with E-state index in [4.69, 9.17) is 0 Å². The molecule has 0 aliphatic carbocycles. The Morgan fingerprint density at radius 1 is 1.50 bits per heavy atom. The molecule has 0 fully saturated rings. The second-order valence-corrected chi connectivity index (χ2v) is 2.31. The van der Waals surface area contributed by atoms with E-state index in [1.165, 1.54) is 0 Å². The van der Waals surface area contributed by atoms with E-state index in [1.54, 1.807) is 12.1 Å². The standard InChI is InChI=1S/C8H10NO/c1-9(2)7-5-3-4-6-8(7)10/h3,5-6,10H,1-2H3. The summed E-state index contributed by atoms with van der Waals surface area (Å²) in [7, 11) is 3.77. The molecule has 1 rings (SSSR count). The highest BCUT2D eigenvalue weighted by Gasteiger charge is 1.98. The number of rotatable bonds is 1. The fourth-order valence-corrected chi connectivity index (χ4v) is 0.792. The van der Waals surface area contributed by atoms with E-state index < -0.39 is 0 Å². The number of hydrogen-bond donors (Lipinski definition) is 1. The Morgan fingerprint density at radius 3 is 2.60 bits per heavy atom. The molecule has 0 aliphatic heterocycles. The first-order valence-corrected chi connectivity index (χ1v) is 3.08. The van der Waals surface area contributed by atoms with Crippen molar-refractivity contribution in [2.45, 2.75) is 0 Å².